The average Bonchev–Trinajstić information content (AvgIpc) is 2.28. The smallest absolute Gasteiger partial charge is 0.273 e. The van der Waals surface area contributed by atoms with Gasteiger partial charge in [0.1, 0.15) is 0 Å². The minimum absolute atomic E-state index is 0.0574. The number of rotatable bonds is 4. The Morgan fingerprint density at radius 1 is 1.59 bits per heavy atom. The number of carbonyl (C=O) groups is 1. The molecule has 92 valence electrons. The Morgan fingerprint density at radius 2 is 2.24 bits per heavy atom. The number of carbonyl (C=O) groups excluding carboxylic acids is 1. The molecule has 0 aliphatic heterocycles. The second kappa shape index (κ2) is 5.40. The topological polar surface area (TPSA) is 98.3 Å². The van der Waals surface area contributed by atoms with Crippen molar-refractivity contribution in [2.45, 2.75) is 19.9 Å². The maximum Gasteiger partial charge on any atom is 0.273 e. The Hall–Kier alpha value is -1.95. The molecule has 0 unspecified atom stereocenters. The number of aryl methyl sites for hydroxylation is 1. The number of nitrogens with zero attached hydrogens (tertiary/aromatic N) is 1. The number of hydrogen-bond donors (Lipinski definition) is 2. The van der Waals surface area contributed by atoms with Crippen molar-refractivity contribution in [2.75, 3.05) is 6.54 Å². The van der Waals surface area contributed by atoms with Crippen LogP contribution in [0.4, 0.5) is 5.69 Å². The van der Waals surface area contributed by atoms with Crippen molar-refractivity contribution in [1.29, 1.82) is 0 Å². The Kier molecular flexibility index (Phi) is 4.17. The summed E-state index contributed by atoms with van der Waals surface area (Å²) in [6.45, 7) is 3.71. The van der Waals surface area contributed by atoms with Crippen molar-refractivity contribution in [3.63, 3.8) is 0 Å². The van der Waals surface area contributed by atoms with Gasteiger partial charge in [0, 0.05) is 29.8 Å². The summed E-state index contributed by atoms with van der Waals surface area (Å²) in [5.74, 6) is -0.356. The molecule has 0 radical (unpaired) electrons. The summed E-state index contributed by atoms with van der Waals surface area (Å²) >= 11 is 0. The highest BCUT2D eigenvalue weighted by atomic mass is 16.6. The van der Waals surface area contributed by atoms with Crippen LogP contribution in [0.5, 0.6) is 0 Å². The van der Waals surface area contributed by atoms with Gasteiger partial charge in [-0.25, -0.2) is 0 Å². The van der Waals surface area contributed by atoms with E-state index in [0.717, 1.165) is 0 Å². The van der Waals surface area contributed by atoms with Gasteiger partial charge in [0.05, 0.1) is 4.92 Å². The van der Waals surface area contributed by atoms with Crippen LogP contribution in [0.1, 0.15) is 22.8 Å². The molecule has 1 atom stereocenters. The summed E-state index contributed by atoms with van der Waals surface area (Å²) < 4.78 is 0. The molecule has 17 heavy (non-hydrogen) atoms. The SMILES string of the molecule is Cc1ccc(C(=O)N[C@H](C)CN)cc1[N+](=O)[O-]. The van der Waals surface area contributed by atoms with Crippen molar-refractivity contribution in [3.05, 3.63) is 39.4 Å². The van der Waals surface area contributed by atoms with Gasteiger partial charge in [-0.15, -0.1) is 0 Å². The lowest BCUT2D eigenvalue weighted by atomic mass is 10.1. The molecule has 3 N–H and O–H groups in total. The van der Waals surface area contributed by atoms with Gasteiger partial charge >= 0.3 is 0 Å². The number of amides is 1. The zero-order valence-electron chi connectivity index (χ0n) is 9.77. The predicted octanol–water partition coefficient (Wildman–Crippen LogP) is 0.980. The van der Waals surface area contributed by atoms with Crippen molar-refractivity contribution in [2.24, 2.45) is 5.73 Å². The maximum absolute atomic E-state index is 11.7. The van der Waals surface area contributed by atoms with E-state index in [2.05, 4.69) is 5.32 Å². The fraction of sp³-hybridized carbons (Fsp3) is 0.364. The van der Waals surface area contributed by atoms with E-state index in [4.69, 9.17) is 5.73 Å². The molecule has 1 amide bonds. The molecular formula is C11H15N3O3. The van der Waals surface area contributed by atoms with Gasteiger partial charge in [-0.05, 0) is 19.9 Å². The third-order valence-corrected chi connectivity index (χ3v) is 2.40. The molecule has 1 aromatic carbocycles. The normalized spacial score (nSPS) is 11.9. The number of nitrogens with one attached hydrogen (secondary N) is 1. The molecule has 0 aliphatic rings. The van der Waals surface area contributed by atoms with Crippen LogP contribution >= 0.6 is 0 Å². The molecule has 0 fully saturated rings. The number of nitro benzene ring substituents is 1. The highest BCUT2D eigenvalue weighted by molar-refractivity contribution is 5.95. The van der Waals surface area contributed by atoms with Gasteiger partial charge in [0.15, 0.2) is 0 Å². The molecule has 0 heterocycles. The van der Waals surface area contributed by atoms with Gasteiger partial charge in [-0.2, -0.15) is 0 Å². The van der Waals surface area contributed by atoms with Crippen molar-refractivity contribution < 1.29 is 9.72 Å². The molecule has 0 saturated carbocycles. The summed E-state index contributed by atoms with van der Waals surface area (Å²) in [6.07, 6.45) is 0. The number of hydrogen-bond acceptors (Lipinski definition) is 4. The summed E-state index contributed by atoms with van der Waals surface area (Å²) in [5, 5.41) is 13.4. The van der Waals surface area contributed by atoms with E-state index in [1.807, 2.05) is 0 Å². The van der Waals surface area contributed by atoms with Gasteiger partial charge in [0.25, 0.3) is 11.6 Å². The fourth-order valence-corrected chi connectivity index (χ4v) is 1.31. The van der Waals surface area contributed by atoms with E-state index in [-0.39, 0.29) is 23.2 Å². The first-order valence-electron chi connectivity index (χ1n) is 5.21. The van der Waals surface area contributed by atoms with Crippen LogP contribution in [-0.4, -0.2) is 23.4 Å². The molecule has 6 nitrogen and oxygen atoms in total. The van der Waals surface area contributed by atoms with Crippen LogP contribution in [-0.2, 0) is 0 Å². The Bertz CT molecular complexity index is 446. The summed E-state index contributed by atoms with van der Waals surface area (Å²) in [4.78, 5) is 21.9. The van der Waals surface area contributed by atoms with Crippen LogP contribution in [0.3, 0.4) is 0 Å². The predicted molar refractivity (Wildman–Crippen MR) is 63.8 cm³/mol. The van der Waals surface area contributed by atoms with E-state index in [9.17, 15) is 14.9 Å². The van der Waals surface area contributed by atoms with Crippen LogP contribution in [0.25, 0.3) is 0 Å². The molecule has 0 aliphatic carbocycles. The number of nitro groups is 1. The first-order valence-corrected chi connectivity index (χ1v) is 5.21. The quantitative estimate of drug-likeness (QED) is 0.602. The standard InChI is InChI=1S/C11H15N3O3/c1-7-3-4-9(5-10(7)14(16)17)11(15)13-8(2)6-12/h3-5,8H,6,12H2,1-2H3,(H,13,15)/t8-/m1/s1. The molecular weight excluding hydrogens is 222 g/mol. The Balaban J connectivity index is 2.96. The van der Waals surface area contributed by atoms with E-state index in [1.165, 1.54) is 6.07 Å². The maximum atomic E-state index is 11.7. The Labute approximate surface area is 99.0 Å². The second-order valence-electron chi connectivity index (χ2n) is 3.87. The number of benzene rings is 1. The third-order valence-electron chi connectivity index (χ3n) is 2.40. The zero-order chi connectivity index (χ0) is 13.0. The van der Waals surface area contributed by atoms with Gasteiger partial charge in [-0.3, -0.25) is 14.9 Å². The zero-order valence-corrected chi connectivity index (χ0v) is 9.77. The fourth-order valence-electron chi connectivity index (χ4n) is 1.31. The lowest BCUT2D eigenvalue weighted by Crippen LogP contribution is -2.37. The Morgan fingerprint density at radius 3 is 2.76 bits per heavy atom. The van der Waals surface area contributed by atoms with Crippen LogP contribution in [0, 0.1) is 17.0 Å². The van der Waals surface area contributed by atoms with Crippen molar-refractivity contribution >= 4 is 11.6 Å². The van der Waals surface area contributed by atoms with Crippen molar-refractivity contribution in [1.82, 2.24) is 5.32 Å². The van der Waals surface area contributed by atoms with E-state index in [0.29, 0.717) is 12.1 Å². The summed E-state index contributed by atoms with van der Waals surface area (Å²) in [5.41, 5.74) is 6.11. The van der Waals surface area contributed by atoms with Crippen LogP contribution in [0.15, 0.2) is 18.2 Å². The second-order valence-corrected chi connectivity index (χ2v) is 3.87. The first kappa shape index (κ1) is 13.1. The average molecular weight is 237 g/mol. The summed E-state index contributed by atoms with van der Waals surface area (Å²) in [7, 11) is 0. The molecule has 0 spiro atoms. The molecule has 6 heteroatoms. The molecule has 1 rings (SSSR count). The van der Waals surface area contributed by atoms with Crippen LogP contribution < -0.4 is 11.1 Å². The lowest BCUT2D eigenvalue weighted by Gasteiger charge is -2.11. The minimum atomic E-state index is -0.502. The van der Waals surface area contributed by atoms with Gasteiger partial charge < -0.3 is 11.1 Å². The minimum Gasteiger partial charge on any atom is -0.348 e. The monoisotopic (exact) mass is 237 g/mol. The van der Waals surface area contributed by atoms with Gasteiger partial charge in [0.2, 0.25) is 0 Å². The highest BCUT2D eigenvalue weighted by Gasteiger charge is 2.15. The van der Waals surface area contributed by atoms with E-state index in [1.54, 1.807) is 26.0 Å². The lowest BCUT2D eigenvalue weighted by molar-refractivity contribution is -0.385. The van der Waals surface area contributed by atoms with Gasteiger partial charge in [-0.1, -0.05) is 6.07 Å². The molecule has 0 aromatic heterocycles. The largest absolute Gasteiger partial charge is 0.348 e. The highest BCUT2D eigenvalue weighted by Crippen LogP contribution is 2.19. The summed E-state index contributed by atoms with van der Waals surface area (Å²) in [6, 6.07) is 4.22. The molecule has 0 bridgehead atoms. The van der Waals surface area contributed by atoms with Crippen molar-refractivity contribution in [3.8, 4) is 0 Å². The first-order chi connectivity index (χ1) is 7.95. The molecule has 1 aromatic rings. The van der Waals surface area contributed by atoms with Crippen LogP contribution in [0.2, 0.25) is 0 Å². The third kappa shape index (κ3) is 3.25. The van der Waals surface area contributed by atoms with E-state index < -0.39 is 4.92 Å². The van der Waals surface area contributed by atoms with E-state index >= 15 is 0 Å². The molecule has 0 saturated heterocycles. The number of nitrogens with two attached hydrogens (primary N) is 1.